The summed E-state index contributed by atoms with van der Waals surface area (Å²) >= 11 is 0. The molecule has 3 N–H and O–H groups in total. The zero-order valence-corrected chi connectivity index (χ0v) is 13.4. The van der Waals surface area contributed by atoms with E-state index in [4.69, 9.17) is 10.5 Å². The van der Waals surface area contributed by atoms with Crippen LogP contribution in [0.2, 0.25) is 0 Å². The van der Waals surface area contributed by atoms with Gasteiger partial charge in [0.25, 0.3) is 0 Å². The average Bonchev–Trinajstić information content (AvgIpc) is 2.70. The molecule has 2 aromatic rings. The maximum atomic E-state index is 12.1. The Kier molecular flexibility index (Phi) is 4.70. The molecule has 0 saturated heterocycles. The van der Waals surface area contributed by atoms with Gasteiger partial charge in [0.1, 0.15) is 5.75 Å². The van der Waals surface area contributed by atoms with Crippen LogP contribution in [-0.2, 0) is 18.3 Å². The smallest absolute Gasteiger partial charge is 0.224 e. The summed E-state index contributed by atoms with van der Waals surface area (Å²) in [6.07, 6.45) is 1.07. The van der Waals surface area contributed by atoms with E-state index < -0.39 is 0 Å². The van der Waals surface area contributed by atoms with Crippen molar-refractivity contribution in [1.29, 1.82) is 0 Å². The molecule has 22 heavy (non-hydrogen) atoms. The summed E-state index contributed by atoms with van der Waals surface area (Å²) in [6.45, 7) is 3.97. The first-order valence-corrected chi connectivity index (χ1v) is 7.14. The van der Waals surface area contributed by atoms with Crippen LogP contribution in [0.5, 0.6) is 5.75 Å². The quantitative estimate of drug-likeness (QED) is 0.830. The number of aryl methyl sites for hydroxylation is 2. The Labute approximate surface area is 130 Å². The second kappa shape index (κ2) is 6.51. The number of carbonyl (C=O) groups is 1. The molecule has 1 aromatic heterocycles. The highest BCUT2D eigenvalue weighted by atomic mass is 16.5. The fourth-order valence-corrected chi connectivity index (χ4v) is 2.45. The van der Waals surface area contributed by atoms with Crippen molar-refractivity contribution in [1.82, 2.24) is 9.78 Å². The summed E-state index contributed by atoms with van der Waals surface area (Å²) in [5.74, 6) is 0.548. The first-order chi connectivity index (χ1) is 10.4. The Morgan fingerprint density at radius 3 is 2.68 bits per heavy atom. The fourth-order valence-electron chi connectivity index (χ4n) is 2.45. The highest BCUT2D eigenvalue weighted by Gasteiger charge is 2.12. The third kappa shape index (κ3) is 3.39. The molecular formula is C16H22N4O2. The van der Waals surface area contributed by atoms with Crippen molar-refractivity contribution in [3.63, 3.8) is 0 Å². The average molecular weight is 302 g/mol. The lowest BCUT2D eigenvalue weighted by molar-refractivity contribution is -0.116. The molecule has 0 aliphatic rings. The Balaban J connectivity index is 1.97. The summed E-state index contributed by atoms with van der Waals surface area (Å²) < 4.78 is 6.93. The number of benzene rings is 1. The topological polar surface area (TPSA) is 82.2 Å². The lowest BCUT2D eigenvalue weighted by Crippen LogP contribution is -2.13. The molecule has 6 heteroatoms. The van der Waals surface area contributed by atoms with Gasteiger partial charge >= 0.3 is 0 Å². The molecule has 6 nitrogen and oxygen atoms in total. The van der Waals surface area contributed by atoms with Gasteiger partial charge in [0.15, 0.2) is 0 Å². The first kappa shape index (κ1) is 15.9. The molecule has 1 amide bonds. The molecule has 118 valence electrons. The van der Waals surface area contributed by atoms with E-state index in [-0.39, 0.29) is 5.91 Å². The molecule has 0 saturated carbocycles. The van der Waals surface area contributed by atoms with Crippen LogP contribution in [0.1, 0.15) is 23.4 Å². The number of nitrogens with zero attached hydrogens (tertiary/aromatic N) is 2. The zero-order chi connectivity index (χ0) is 16.3. The molecule has 0 aliphatic carbocycles. The molecule has 2 rings (SSSR count). The lowest BCUT2D eigenvalue weighted by Gasteiger charge is -2.09. The van der Waals surface area contributed by atoms with E-state index in [1.165, 1.54) is 0 Å². The number of methoxy groups -OCH3 is 1. The van der Waals surface area contributed by atoms with Crippen LogP contribution in [0.4, 0.5) is 11.4 Å². The van der Waals surface area contributed by atoms with Crippen molar-refractivity contribution in [2.45, 2.75) is 26.7 Å². The minimum Gasteiger partial charge on any atom is -0.495 e. The molecule has 0 radical (unpaired) electrons. The third-order valence-corrected chi connectivity index (χ3v) is 3.77. The summed E-state index contributed by atoms with van der Waals surface area (Å²) in [6, 6.07) is 5.20. The molecule has 0 bridgehead atoms. The SMILES string of the molecule is COc1ccc(NC(=O)CCc2c(C)nn(C)c2C)cc1N. The summed E-state index contributed by atoms with van der Waals surface area (Å²) in [5, 5.41) is 7.21. The number of nitrogens with two attached hydrogens (primary N) is 1. The van der Waals surface area contributed by atoms with Gasteiger partial charge in [0.2, 0.25) is 5.91 Å². The Morgan fingerprint density at radius 2 is 2.14 bits per heavy atom. The van der Waals surface area contributed by atoms with Gasteiger partial charge in [-0.2, -0.15) is 5.10 Å². The van der Waals surface area contributed by atoms with Crippen LogP contribution >= 0.6 is 0 Å². The van der Waals surface area contributed by atoms with E-state index in [1.54, 1.807) is 25.3 Å². The number of hydrogen-bond donors (Lipinski definition) is 2. The van der Waals surface area contributed by atoms with Crippen molar-refractivity contribution in [3.8, 4) is 5.75 Å². The van der Waals surface area contributed by atoms with Crippen LogP contribution < -0.4 is 15.8 Å². The normalized spacial score (nSPS) is 10.5. The number of amides is 1. The largest absolute Gasteiger partial charge is 0.495 e. The van der Waals surface area contributed by atoms with Crippen LogP contribution in [0.3, 0.4) is 0 Å². The van der Waals surface area contributed by atoms with Crippen molar-refractivity contribution in [2.75, 3.05) is 18.2 Å². The van der Waals surface area contributed by atoms with Crippen LogP contribution in [-0.4, -0.2) is 22.8 Å². The second-order valence-electron chi connectivity index (χ2n) is 5.28. The maximum absolute atomic E-state index is 12.1. The van der Waals surface area contributed by atoms with Gasteiger partial charge in [0.05, 0.1) is 18.5 Å². The standard InChI is InChI=1S/C16H22N4O2/c1-10-13(11(2)20(3)19-10)6-8-16(21)18-12-5-7-15(22-4)14(17)9-12/h5,7,9H,6,8,17H2,1-4H3,(H,18,21). The van der Waals surface area contributed by atoms with E-state index in [9.17, 15) is 4.79 Å². The minimum atomic E-state index is -0.0489. The second-order valence-corrected chi connectivity index (χ2v) is 5.28. The number of hydrogen-bond acceptors (Lipinski definition) is 4. The van der Waals surface area contributed by atoms with Crippen molar-refractivity contribution >= 4 is 17.3 Å². The van der Waals surface area contributed by atoms with Gasteiger partial charge in [0, 0.05) is 24.8 Å². The summed E-state index contributed by atoms with van der Waals surface area (Å²) in [4.78, 5) is 12.1. The number of nitrogen functional groups attached to an aromatic ring is 1. The molecule has 0 aliphatic heterocycles. The predicted octanol–water partition coefficient (Wildman–Crippen LogP) is 2.20. The lowest BCUT2D eigenvalue weighted by atomic mass is 10.1. The van der Waals surface area contributed by atoms with Crippen molar-refractivity contribution < 1.29 is 9.53 Å². The molecule has 1 heterocycles. The predicted molar refractivity (Wildman–Crippen MR) is 87.0 cm³/mol. The highest BCUT2D eigenvalue weighted by Crippen LogP contribution is 2.24. The number of aromatic nitrogens is 2. The maximum Gasteiger partial charge on any atom is 0.224 e. The summed E-state index contributed by atoms with van der Waals surface area (Å²) in [5.41, 5.74) is 10.2. The fraction of sp³-hybridized carbons (Fsp3) is 0.375. The molecule has 0 atom stereocenters. The van der Waals surface area contributed by atoms with E-state index >= 15 is 0 Å². The van der Waals surface area contributed by atoms with E-state index in [0.29, 0.717) is 30.0 Å². The van der Waals surface area contributed by atoms with Crippen molar-refractivity contribution in [2.24, 2.45) is 7.05 Å². The van der Waals surface area contributed by atoms with Gasteiger partial charge < -0.3 is 15.8 Å². The summed E-state index contributed by atoms with van der Waals surface area (Å²) in [7, 11) is 3.47. The number of ether oxygens (including phenoxy) is 1. The van der Waals surface area contributed by atoms with Gasteiger partial charge in [-0.05, 0) is 44.0 Å². The first-order valence-electron chi connectivity index (χ1n) is 7.14. The number of rotatable bonds is 5. The molecule has 0 spiro atoms. The van der Waals surface area contributed by atoms with Crippen LogP contribution in [0, 0.1) is 13.8 Å². The monoisotopic (exact) mass is 302 g/mol. The number of nitrogens with one attached hydrogen (secondary N) is 1. The molecule has 1 aromatic carbocycles. The van der Waals surface area contributed by atoms with Crippen molar-refractivity contribution in [3.05, 3.63) is 35.2 Å². The Morgan fingerprint density at radius 1 is 1.41 bits per heavy atom. The number of carbonyl (C=O) groups excluding carboxylic acids is 1. The molecular weight excluding hydrogens is 280 g/mol. The van der Waals surface area contributed by atoms with Crippen LogP contribution in [0.25, 0.3) is 0 Å². The highest BCUT2D eigenvalue weighted by molar-refractivity contribution is 5.91. The Hall–Kier alpha value is -2.50. The van der Waals surface area contributed by atoms with E-state index in [0.717, 1.165) is 17.0 Å². The van der Waals surface area contributed by atoms with E-state index in [2.05, 4.69) is 10.4 Å². The number of anilines is 2. The van der Waals surface area contributed by atoms with Gasteiger partial charge in [-0.25, -0.2) is 0 Å². The third-order valence-electron chi connectivity index (χ3n) is 3.77. The van der Waals surface area contributed by atoms with Gasteiger partial charge in [-0.15, -0.1) is 0 Å². The zero-order valence-electron chi connectivity index (χ0n) is 13.4. The van der Waals surface area contributed by atoms with Gasteiger partial charge in [-0.3, -0.25) is 9.48 Å². The Bertz CT molecular complexity index is 692. The molecule has 0 fully saturated rings. The van der Waals surface area contributed by atoms with Crippen LogP contribution in [0.15, 0.2) is 18.2 Å². The van der Waals surface area contributed by atoms with Gasteiger partial charge in [-0.1, -0.05) is 0 Å². The minimum absolute atomic E-state index is 0.0489. The molecule has 0 unspecified atom stereocenters. The van der Waals surface area contributed by atoms with E-state index in [1.807, 2.05) is 25.6 Å².